The van der Waals surface area contributed by atoms with Crippen LogP contribution in [0.4, 0.5) is 0 Å². The number of fused-ring (bicyclic) bond motifs is 3. The number of pyridine rings is 1. The molecule has 144 valence electrons. The molecule has 4 aromatic heterocycles. The van der Waals surface area contributed by atoms with E-state index in [0.29, 0.717) is 5.82 Å². The predicted octanol–water partition coefficient (Wildman–Crippen LogP) is 0.673. The number of morpholine rings is 1. The van der Waals surface area contributed by atoms with Crippen molar-refractivity contribution >= 4 is 16.7 Å². The van der Waals surface area contributed by atoms with Gasteiger partial charge in [-0.25, -0.2) is 14.5 Å². The maximum Gasteiger partial charge on any atom is 0.182 e. The van der Waals surface area contributed by atoms with E-state index >= 15 is 0 Å². The minimum absolute atomic E-state index is 0.694. The normalized spacial score (nSPS) is 15.6. The van der Waals surface area contributed by atoms with Gasteiger partial charge in [-0.1, -0.05) is 0 Å². The first-order chi connectivity index (χ1) is 13.7. The molecule has 5 heterocycles. The van der Waals surface area contributed by atoms with Gasteiger partial charge in [-0.2, -0.15) is 0 Å². The number of hydrogen-bond donors (Lipinski definition) is 1. The van der Waals surface area contributed by atoms with Crippen LogP contribution in [0.1, 0.15) is 11.3 Å². The Hall–Kier alpha value is -2.84. The van der Waals surface area contributed by atoms with Crippen molar-refractivity contribution in [2.75, 3.05) is 32.8 Å². The van der Waals surface area contributed by atoms with Gasteiger partial charge < -0.3 is 14.2 Å². The molecule has 8 nitrogen and oxygen atoms in total. The summed E-state index contributed by atoms with van der Waals surface area (Å²) in [6.45, 7) is 10.2. The molecule has 0 aromatic carbocycles. The molecule has 8 heteroatoms. The van der Waals surface area contributed by atoms with E-state index in [-0.39, 0.29) is 0 Å². The molecular weight excluding hydrogens is 354 g/mol. The van der Waals surface area contributed by atoms with Crippen LogP contribution in [0.25, 0.3) is 28.1 Å². The van der Waals surface area contributed by atoms with Crippen LogP contribution >= 0.6 is 0 Å². The number of rotatable bonds is 4. The van der Waals surface area contributed by atoms with Crippen molar-refractivity contribution in [3.63, 3.8) is 0 Å². The molecule has 0 unspecified atom stereocenters. The highest BCUT2D eigenvalue weighted by atomic mass is 16.5. The zero-order chi connectivity index (χ0) is 19.1. The Kier molecular flexibility index (Phi) is 4.29. The summed E-state index contributed by atoms with van der Waals surface area (Å²) < 4.78 is 9.58. The third-order valence-electron chi connectivity index (χ3n) is 5.77. The predicted molar refractivity (Wildman–Crippen MR) is 105 cm³/mol. The standard InChI is InChI=1S/C20H23N7O/c1-14-15(2)26(8-7-25-9-11-28-12-10-25)19-17(14)20-23-18(24-27(20)13-22-19)16-3-5-21-6-4-16/h3-6,13H,7-12H2,1-2H3/p+1. The second kappa shape index (κ2) is 6.96. The van der Waals surface area contributed by atoms with Crippen molar-refractivity contribution < 1.29 is 9.64 Å². The van der Waals surface area contributed by atoms with Crippen LogP contribution in [-0.4, -0.2) is 62.0 Å². The Balaban J connectivity index is 1.56. The fourth-order valence-electron chi connectivity index (χ4n) is 4.01. The number of quaternary nitrogens is 1. The molecule has 0 radical (unpaired) electrons. The smallest absolute Gasteiger partial charge is 0.182 e. The molecule has 0 bridgehead atoms. The van der Waals surface area contributed by atoms with Crippen LogP contribution in [-0.2, 0) is 11.3 Å². The molecule has 1 fully saturated rings. The van der Waals surface area contributed by atoms with Crippen LogP contribution in [0.3, 0.4) is 0 Å². The summed E-state index contributed by atoms with van der Waals surface area (Å²) in [6, 6.07) is 3.85. The highest BCUT2D eigenvalue weighted by molar-refractivity contribution is 5.94. The monoisotopic (exact) mass is 378 g/mol. The lowest BCUT2D eigenvalue weighted by atomic mass is 10.2. The van der Waals surface area contributed by atoms with Crippen LogP contribution in [0.5, 0.6) is 0 Å². The van der Waals surface area contributed by atoms with E-state index in [0.717, 1.165) is 61.6 Å². The van der Waals surface area contributed by atoms with Crippen molar-refractivity contribution in [1.29, 1.82) is 0 Å². The van der Waals surface area contributed by atoms with Gasteiger partial charge in [-0.05, 0) is 31.5 Å². The molecule has 5 rings (SSSR count). The lowest BCUT2D eigenvalue weighted by Crippen LogP contribution is -3.14. The Labute approximate surface area is 162 Å². The molecule has 1 aliphatic heterocycles. The number of hydrogen-bond acceptors (Lipinski definition) is 5. The van der Waals surface area contributed by atoms with E-state index in [1.807, 2.05) is 12.1 Å². The number of nitrogens with one attached hydrogen (secondary N) is 1. The molecule has 1 aliphatic rings. The highest BCUT2D eigenvalue weighted by Crippen LogP contribution is 2.27. The maximum atomic E-state index is 5.47. The van der Waals surface area contributed by atoms with Crippen molar-refractivity contribution in [1.82, 2.24) is 29.1 Å². The topological polar surface area (TPSA) is 74.6 Å². The number of ether oxygens (including phenoxy) is 1. The summed E-state index contributed by atoms with van der Waals surface area (Å²) in [5.74, 6) is 0.694. The fourth-order valence-corrected chi connectivity index (χ4v) is 4.01. The van der Waals surface area contributed by atoms with Crippen molar-refractivity contribution in [3.8, 4) is 11.4 Å². The molecule has 0 amide bonds. The van der Waals surface area contributed by atoms with Crippen LogP contribution in [0.2, 0.25) is 0 Å². The van der Waals surface area contributed by atoms with E-state index in [4.69, 9.17) is 14.7 Å². The van der Waals surface area contributed by atoms with E-state index < -0.39 is 0 Å². The summed E-state index contributed by atoms with van der Waals surface area (Å²) in [5.41, 5.74) is 5.27. The highest BCUT2D eigenvalue weighted by Gasteiger charge is 2.20. The second-order valence-electron chi connectivity index (χ2n) is 7.36. The van der Waals surface area contributed by atoms with Gasteiger partial charge in [-0.3, -0.25) is 4.98 Å². The minimum Gasteiger partial charge on any atom is -0.370 e. The molecule has 4 aromatic rings. The average molecular weight is 378 g/mol. The van der Waals surface area contributed by atoms with Gasteiger partial charge in [0.25, 0.3) is 0 Å². The fraction of sp³-hybridized carbons (Fsp3) is 0.400. The Morgan fingerprint density at radius 1 is 1.11 bits per heavy atom. The van der Waals surface area contributed by atoms with Gasteiger partial charge in [0.1, 0.15) is 25.1 Å². The number of aryl methyl sites for hydroxylation is 1. The van der Waals surface area contributed by atoms with Gasteiger partial charge >= 0.3 is 0 Å². The van der Waals surface area contributed by atoms with E-state index in [2.05, 4.69) is 28.5 Å². The Morgan fingerprint density at radius 2 is 1.89 bits per heavy atom. The molecule has 0 aliphatic carbocycles. The quantitative estimate of drug-likeness (QED) is 0.565. The third kappa shape index (κ3) is 2.85. The number of nitrogens with zero attached hydrogens (tertiary/aromatic N) is 6. The molecule has 0 spiro atoms. The first kappa shape index (κ1) is 17.3. The Bertz CT molecular complexity index is 1130. The van der Waals surface area contributed by atoms with Crippen LogP contribution < -0.4 is 4.90 Å². The van der Waals surface area contributed by atoms with Crippen molar-refractivity contribution in [3.05, 3.63) is 42.1 Å². The third-order valence-corrected chi connectivity index (χ3v) is 5.77. The number of aromatic nitrogens is 6. The van der Waals surface area contributed by atoms with Crippen LogP contribution in [0, 0.1) is 13.8 Å². The summed E-state index contributed by atoms with van der Waals surface area (Å²) in [4.78, 5) is 15.2. The molecule has 1 saturated heterocycles. The second-order valence-corrected chi connectivity index (χ2v) is 7.36. The van der Waals surface area contributed by atoms with Gasteiger partial charge in [-0.15, -0.1) is 5.10 Å². The van der Waals surface area contributed by atoms with E-state index in [9.17, 15) is 0 Å². The summed E-state index contributed by atoms with van der Waals surface area (Å²) >= 11 is 0. The lowest BCUT2D eigenvalue weighted by molar-refractivity contribution is -0.908. The first-order valence-corrected chi connectivity index (χ1v) is 9.75. The van der Waals surface area contributed by atoms with Gasteiger partial charge in [0.15, 0.2) is 11.5 Å². The SMILES string of the molecule is Cc1c(C)n(CC[NH+]2CCOCC2)c2ncn3nc(-c4ccncc4)nc3c12. The minimum atomic E-state index is 0.694. The maximum absolute atomic E-state index is 5.47. The average Bonchev–Trinajstić information content (AvgIpc) is 3.28. The molecule has 0 saturated carbocycles. The first-order valence-electron chi connectivity index (χ1n) is 9.75. The molecule has 1 N–H and O–H groups in total. The zero-order valence-electron chi connectivity index (χ0n) is 16.2. The summed E-state index contributed by atoms with van der Waals surface area (Å²) in [7, 11) is 0. The van der Waals surface area contributed by atoms with E-state index in [1.165, 1.54) is 11.3 Å². The van der Waals surface area contributed by atoms with Gasteiger partial charge in [0.2, 0.25) is 0 Å². The van der Waals surface area contributed by atoms with E-state index in [1.54, 1.807) is 28.1 Å². The Morgan fingerprint density at radius 3 is 2.68 bits per heavy atom. The molecule has 0 atom stereocenters. The van der Waals surface area contributed by atoms with Crippen molar-refractivity contribution in [2.24, 2.45) is 0 Å². The van der Waals surface area contributed by atoms with Crippen LogP contribution in [0.15, 0.2) is 30.9 Å². The van der Waals surface area contributed by atoms with Crippen molar-refractivity contribution in [2.45, 2.75) is 20.4 Å². The lowest BCUT2D eigenvalue weighted by Gasteiger charge is -2.24. The largest absolute Gasteiger partial charge is 0.370 e. The van der Waals surface area contributed by atoms with Gasteiger partial charge in [0.05, 0.1) is 31.7 Å². The molecule has 28 heavy (non-hydrogen) atoms. The summed E-state index contributed by atoms with van der Waals surface area (Å²) in [6.07, 6.45) is 5.29. The zero-order valence-corrected chi connectivity index (χ0v) is 16.2. The van der Waals surface area contributed by atoms with Gasteiger partial charge in [0, 0.05) is 23.7 Å². The summed E-state index contributed by atoms with van der Waals surface area (Å²) in [5, 5.41) is 5.71. The molecular formula is C20H24N7O+.